The van der Waals surface area contributed by atoms with Crippen molar-refractivity contribution in [1.29, 1.82) is 0 Å². The first-order valence-electron chi connectivity index (χ1n) is 5.97. The number of aromatic nitrogens is 3. The molecule has 0 spiro atoms. The van der Waals surface area contributed by atoms with Crippen molar-refractivity contribution >= 4 is 11.7 Å². The van der Waals surface area contributed by atoms with Gasteiger partial charge in [-0.25, -0.2) is 9.42 Å². The Hall–Kier alpha value is -2.58. The molecule has 0 aliphatic rings. The molecule has 2 N–H and O–H groups in total. The van der Waals surface area contributed by atoms with Gasteiger partial charge in [0, 0.05) is 0 Å². The molecule has 0 fully saturated rings. The predicted molar refractivity (Wildman–Crippen MR) is 67.5 cm³/mol. The zero-order chi connectivity index (χ0) is 14.5. The van der Waals surface area contributed by atoms with Gasteiger partial charge in [-0.05, 0) is 25.9 Å². The second-order valence-electron chi connectivity index (χ2n) is 4.08. The van der Waals surface area contributed by atoms with Crippen molar-refractivity contribution in [3.05, 3.63) is 17.1 Å². The van der Waals surface area contributed by atoms with Crippen molar-refractivity contribution in [2.24, 2.45) is 0 Å². The van der Waals surface area contributed by atoms with E-state index in [4.69, 9.17) is 9.26 Å². The minimum Gasteiger partial charge on any atom is -0.472 e. The summed E-state index contributed by atoms with van der Waals surface area (Å²) in [6, 6.07) is -0.363. The van der Waals surface area contributed by atoms with Crippen LogP contribution in [0.5, 0.6) is 5.88 Å². The Kier molecular flexibility index (Phi) is 4.18. The second kappa shape index (κ2) is 6.04. The monoisotopic (exact) mass is 281 g/mol. The molecule has 0 unspecified atom stereocenters. The van der Waals surface area contributed by atoms with Crippen molar-refractivity contribution < 1.29 is 18.7 Å². The van der Waals surface area contributed by atoms with Gasteiger partial charge >= 0.3 is 6.03 Å². The molecule has 9 heteroatoms. The topological polar surface area (TPSA) is 115 Å². The molecule has 0 saturated heterocycles. The molecular formula is C11H15N5O4. The van der Waals surface area contributed by atoms with Gasteiger partial charge in [-0.2, -0.15) is 0 Å². The van der Waals surface area contributed by atoms with Gasteiger partial charge in [0.25, 0.3) is 5.88 Å². The normalized spacial score (nSPS) is 10.3. The summed E-state index contributed by atoms with van der Waals surface area (Å²) in [5.74, 6) is 0.871. The fraction of sp³-hybridized carbons (Fsp3) is 0.455. The number of ether oxygens (including phenoxy) is 1. The van der Waals surface area contributed by atoms with Crippen LogP contribution in [-0.4, -0.2) is 34.7 Å². The third-order valence-electron chi connectivity index (χ3n) is 2.51. The molecule has 0 saturated carbocycles. The Labute approximate surface area is 114 Å². The van der Waals surface area contributed by atoms with Crippen molar-refractivity contribution in [3.63, 3.8) is 0 Å². The first-order chi connectivity index (χ1) is 9.58. The number of hydrogen-bond acceptors (Lipinski definition) is 7. The number of rotatable bonds is 5. The molecule has 20 heavy (non-hydrogen) atoms. The highest BCUT2D eigenvalue weighted by molar-refractivity contribution is 5.90. The van der Waals surface area contributed by atoms with Crippen LogP contribution in [0.3, 0.4) is 0 Å². The van der Waals surface area contributed by atoms with Crippen molar-refractivity contribution in [3.8, 4) is 5.88 Å². The lowest BCUT2D eigenvalue weighted by atomic mass is 10.3. The van der Waals surface area contributed by atoms with Crippen LogP contribution in [0.15, 0.2) is 9.15 Å². The maximum atomic E-state index is 11.6. The second-order valence-corrected chi connectivity index (χ2v) is 4.08. The van der Waals surface area contributed by atoms with Crippen LogP contribution in [0.1, 0.15) is 17.1 Å². The SMILES string of the molecule is Cc1nonc1OCCNC(=O)Nc1c(C)noc1C. The predicted octanol–water partition coefficient (Wildman–Crippen LogP) is 1.18. The summed E-state index contributed by atoms with van der Waals surface area (Å²) in [6.45, 7) is 5.74. The Morgan fingerprint density at radius 2 is 2.00 bits per heavy atom. The Balaban J connectivity index is 1.72. The minimum absolute atomic E-state index is 0.254. The van der Waals surface area contributed by atoms with Gasteiger partial charge in [0.05, 0.1) is 6.54 Å². The Morgan fingerprint density at radius 3 is 2.60 bits per heavy atom. The van der Waals surface area contributed by atoms with Gasteiger partial charge in [0.15, 0.2) is 5.76 Å². The molecule has 0 aromatic carbocycles. The Morgan fingerprint density at radius 1 is 1.20 bits per heavy atom. The summed E-state index contributed by atoms with van der Waals surface area (Å²) in [5, 5.41) is 16.2. The zero-order valence-corrected chi connectivity index (χ0v) is 11.4. The molecule has 0 aliphatic heterocycles. The highest BCUT2D eigenvalue weighted by atomic mass is 16.6. The number of anilines is 1. The van der Waals surface area contributed by atoms with Crippen LogP contribution in [0.4, 0.5) is 10.5 Å². The number of nitrogens with zero attached hydrogens (tertiary/aromatic N) is 3. The third kappa shape index (κ3) is 3.25. The van der Waals surface area contributed by atoms with Gasteiger partial charge in [-0.1, -0.05) is 10.3 Å². The molecule has 2 heterocycles. The molecule has 9 nitrogen and oxygen atoms in total. The first-order valence-corrected chi connectivity index (χ1v) is 5.97. The van der Waals surface area contributed by atoms with Crippen LogP contribution < -0.4 is 15.4 Å². The van der Waals surface area contributed by atoms with E-state index in [1.165, 1.54) is 0 Å². The number of hydrogen-bond donors (Lipinski definition) is 2. The smallest absolute Gasteiger partial charge is 0.319 e. The summed E-state index contributed by atoms with van der Waals surface area (Å²) in [5.41, 5.74) is 1.75. The largest absolute Gasteiger partial charge is 0.472 e. The summed E-state index contributed by atoms with van der Waals surface area (Å²) in [4.78, 5) is 11.6. The zero-order valence-electron chi connectivity index (χ0n) is 11.4. The van der Waals surface area contributed by atoms with Gasteiger partial charge in [-0.3, -0.25) is 0 Å². The summed E-state index contributed by atoms with van der Waals surface area (Å²) >= 11 is 0. The van der Waals surface area contributed by atoms with E-state index in [1.54, 1.807) is 20.8 Å². The summed E-state index contributed by atoms with van der Waals surface area (Å²) in [7, 11) is 0. The van der Waals surface area contributed by atoms with Gasteiger partial charge in [0.2, 0.25) is 0 Å². The van der Waals surface area contributed by atoms with E-state index >= 15 is 0 Å². The third-order valence-corrected chi connectivity index (χ3v) is 2.51. The highest BCUT2D eigenvalue weighted by Crippen LogP contribution is 2.18. The molecular weight excluding hydrogens is 266 g/mol. The van der Waals surface area contributed by atoms with Crippen molar-refractivity contribution in [1.82, 2.24) is 20.8 Å². The number of urea groups is 1. The van der Waals surface area contributed by atoms with Crippen LogP contribution in [0.2, 0.25) is 0 Å². The average Bonchev–Trinajstić information content (AvgIpc) is 2.95. The summed E-state index contributed by atoms with van der Waals surface area (Å²) in [6.07, 6.45) is 0. The lowest BCUT2D eigenvalue weighted by Gasteiger charge is -2.07. The van der Waals surface area contributed by atoms with Gasteiger partial charge in [-0.15, -0.1) is 0 Å². The number of nitrogens with one attached hydrogen (secondary N) is 2. The number of amides is 2. The standard InChI is InChI=1S/C11H15N5O4/c1-6-9(8(3)19-14-6)13-11(17)12-4-5-18-10-7(2)15-20-16-10/h4-5H2,1-3H3,(H2,12,13,17). The Bertz CT molecular complexity index is 572. The lowest BCUT2D eigenvalue weighted by Crippen LogP contribution is -2.32. The van der Waals surface area contributed by atoms with Crippen LogP contribution in [0, 0.1) is 20.8 Å². The molecule has 0 bridgehead atoms. The fourth-order valence-electron chi connectivity index (χ4n) is 1.49. The van der Waals surface area contributed by atoms with E-state index in [9.17, 15) is 4.79 Å². The maximum Gasteiger partial charge on any atom is 0.319 e. The van der Waals surface area contributed by atoms with Crippen LogP contribution in [-0.2, 0) is 0 Å². The van der Waals surface area contributed by atoms with E-state index < -0.39 is 0 Å². The molecule has 108 valence electrons. The molecule has 0 radical (unpaired) electrons. The van der Waals surface area contributed by atoms with E-state index in [0.29, 0.717) is 35.3 Å². The molecule has 2 rings (SSSR count). The number of carbonyl (C=O) groups excluding carboxylic acids is 1. The van der Waals surface area contributed by atoms with Crippen molar-refractivity contribution in [2.75, 3.05) is 18.5 Å². The van der Waals surface area contributed by atoms with Crippen molar-refractivity contribution in [2.45, 2.75) is 20.8 Å². The van der Waals surface area contributed by atoms with E-state index in [-0.39, 0.29) is 12.6 Å². The molecule has 2 aromatic rings. The average molecular weight is 281 g/mol. The van der Waals surface area contributed by atoms with Gasteiger partial charge < -0.3 is 19.9 Å². The lowest BCUT2D eigenvalue weighted by molar-refractivity contribution is 0.240. The van der Waals surface area contributed by atoms with E-state index in [2.05, 4.69) is 30.7 Å². The quantitative estimate of drug-likeness (QED) is 0.790. The number of aryl methyl sites for hydroxylation is 3. The highest BCUT2D eigenvalue weighted by Gasteiger charge is 2.12. The first kappa shape index (κ1) is 13.8. The summed E-state index contributed by atoms with van der Waals surface area (Å²) < 4.78 is 14.7. The van der Waals surface area contributed by atoms with Crippen LogP contribution >= 0.6 is 0 Å². The van der Waals surface area contributed by atoms with Gasteiger partial charge in [0.1, 0.15) is 23.7 Å². The molecule has 2 amide bonds. The minimum atomic E-state index is -0.363. The number of carbonyl (C=O) groups is 1. The van der Waals surface area contributed by atoms with E-state index in [1.807, 2.05) is 0 Å². The fourth-order valence-corrected chi connectivity index (χ4v) is 1.49. The molecule has 0 atom stereocenters. The molecule has 2 aromatic heterocycles. The van der Waals surface area contributed by atoms with Crippen LogP contribution in [0.25, 0.3) is 0 Å². The maximum absolute atomic E-state index is 11.6. The molecule has 0 aliphatic carbocycles. The van der Waals surface area contributed by atoms with E-state index in [0.717, 1.165) is 0 Å².